The fourth-order valence-corrected chi connectivity index (χ4v) is 4.54. The number of likely N-dealkylation sites (tertiary alicyclic amines) is 1. The molecule has 0 aliphatic carbocycles. The number of hydrogen-bond donors (Lipinski definition) is 1. The van der Waals surface area contributed by atoms with Crippen molar-refractivity contribution in [3.8, 4) is 11.5 Å². The fraction of sp³-hybridized carbons (Fsp3) is 0.556. The van der Waals surface area contributed by atoms with Crippen LogP contribution in [0.2, 0.25) is 0 Å². The number of hydrogen-bond acceptors (Lipinski definition) is 6. The Morgan fingerprint density at radius 1 is 0.939 bits per heavy atom. The Balaban J connectivity index is 1.28. The van der Waals surface area contributed by atoms with Crippen LogP contribution in [-0.2, 0) is 11.3 Å². The molecule has 33 heavy (non-hydrogen) atoms. The van der Waals surface area contributed by atoms with E-state index in [4.69, 9.17) is 14.2 Å². The zero-order valence-corrected chi connectivity index (χ0v) is 19.9. The molecule has 4 rings (SSSR count). The van der Waals surface area contributed by atoms with Crippen molar-refractivity contribution in [2.75, 3.05) is 59.2 Å². The van der Waals surface area contributed by atoms with Gasteiger partial charge in [-0.2, -0.15) is 0 Å². The summed E-state index contributed by atoms with van der Waals surface area (Å²) in [6.45, 7) is 9.21. The standard InChI is InChI=1S/C27H38N2O4/c1-23-8-10-25(11-9-23)33-22-27(30)20-29(14-16-31-21-27)19-24-6-5-7-26(18-24)32-17-15-28-12-3-2-4-13-28/h5-11,18,30H,2-4,12-17,19-22H2,1H3. The maximum Gasteiger partial charge on any atom is 0.134 e. The molecule has 2 aliphatic heterocycles. The predicted octanol–water partition coefficient (Wildman–Crippen LogP) is 3.50. The Morgan fingerprint density at radius 3 is 2.58 bits per heavy atom. The highest BCUT2D eigenvalue weighted by molar-refractivity contribution is 5.29. The fourth-order valence-electron chi connectivity index (χ4n) is 4.54. The van der Waals surface area contributed by atoms with Gasteiger partial charge in [-0.3, -0.25) is 9.80 Å². The van der Waals surface area contributed by atoms with Crippen LogP contribution in [-0.4, -0.2) is 79.7 Å². The van der Waals surface area contributed by atoms with Gasteiger partial charge < -0.3 is 19.3 Å². The van der Waals surface area contributed by atoms with Gasteiger partial charge in [0.05, 0.1) is 13.2 Å². The molecule has 0 bridgehead atoms. The van der Waals surface area contributed by atoms with E-state index in [1.807, 2.05) is 43.3 Å². The van der Waals surface area contributed by atoms with E-state index in [9.17, 15) is 5.11 Å². The third kappa shape index (κ3) is 7.71. The van der Waals surface area contributed by atoms with Crippen LogP contribution in [0.4, 0.5) is 0 Å². The highest BCUT2D eigenvalue weighted by atomic mass is 16.5. The van der Waals surface area contributed by atoms with Crippen molar-refractivity contribution in [1.29, 1.82) is 0 Å². The minimum atomic E-state index is -1.05. The van der Waals surface area contributed by atoms with E-state index in [1.54, 1.807) is 0 Å². The van der Waals surface area contributed by atoms with Gasteiger partial charge in [0.25, 0.3) is 0 Å². The lowest BCUT2D eigenvalue weighted by molar-refractivity contribution is -0.0646. The molecule has 2 fully saturated rings. The average Bonchev–Trinajstić information content (AvgIpc) is 3.01. The Kier molecular flexibility index (Phi) is 8.62. The van der Waals surface area contributed by atoms with Crippen molar-refractivity contribution >= 4 is 0 Å². The molecule has 6 heteroatoms. The summed E-state index contributed by atoms with van der Waals surface area (Å²) in [6.07, 6.45) is 3.96. The predicted molar refractivity (Wildman–Crippen MR) is 130 cm³/mol. The minimum absolute atomic E-state index is 0.201. The summed E-state index contributed by atoms with van der Waals surface area (Å²) in [5.41, 5.74) is 1.31. The molecular formula is C27H38N2O4. The van der Waals surface area contributed by atoms with Gasteiger partial charge in [0.2, 0.25) is 0 Å². The van der Waals surface area contributed by atoms with Crippen molar-refractivity contribution in [2.45, 2.75) is 38.3 Å². The van der Waals surface area contributed by atoms with E-state index in [1.165, 1.54) is 43.5 Å². The molecule has 6 nitrogen and oxygen atoms in total. The van der Waals surface area contributed by atoms with E-state index < -0.39 is 5.60 Å². The maximum absolute atomic E-state index is 11.2. The van der Waals surface area contributed by atoms with E-state index in [-0.39, 0.29) is 13.2 Å². The molecule has 0 aromatic heterocycles. The lowest BCUT2D eigenvalue weighted by Crippen LogP contribution is -2.48. The molecular weight excluding hydrogens is 416 g/mol. The van der Waals surface area contributed by atoms with Crippen LogP contribution in [0.1, 0.15) is 30.4 Å². The lowest BCUT2D eigenvalue weighted by Gasteiger charge is -2.30. The van der Waals surface area contributed by atoms with Gasteiger partial charge in [-0.15, -0.1) is 0 Å². The van der Waals surface area contributed by atoms with Crippen molar-refractivity contribution in [3.05, 3.63) is 59.7 Å². The van der Waals surface area contributed by atoms with Crippen LogP contribution >= 0.6 is 0 Å². The van der Waals surface area contributed by atoms with Crippen LogP contribution < -0.4 is 9.47 Å². The minimum Gasteiger partial charge on any atom is -0.492 e. The molecule has 1 N–H and O–H groups in total. The molecule has 2 aromatic rings. The summed E-state index contributed by atoms with van der Waals surface area (Å²) >= 11 is 0. The third-order valence-corrected chi connectivity index (χ3v) is 6.40. The molecule has 0 spiro atoms. The molecule has 2 saturated heterocycles. The van der Waals surface area contributed by atoms with Crippen LogP contribution in [0.25, 0.3) is 0 Å². The second-order valence-corrected chi connectivity index (χ2v) is 9.49. The van der Waals surface area contributed by atoms with Gasteiger partial charge >= 0.3 is 0 Å². The molecule has 2 heterocycles. The molecule has 180 valence electrons. The highest BCUT2D eigenvalue weighted by Gasteiger charge is 2.33. The van der Waals surface area contributed by atoms with Crippen LogP contribution in [0, 0.1) is 6.92 Å². The summed E-state index contributed by atoms with van der Waals surface area (Å²) in [4.78, 5) is 4.72. The monoisotopic (exact) mass is 454 g/mol. The van der Waals surface area contributed by atoms with Gasteiger partial charge in [-0.05, 0) is 62.7 Å². The number of aryl methyl sites for hydroxylation is 1. The number of β-amino-alcohol motifs (C(OH)–C–C–N with tert-alkyl or cyclic N) is 1. The topological polar surface area (TPSA) is 54.4 Å². The van der Waals surface area contributed by atoms with Gasteiger partial charge in [-0.25, -0.2) is 0 Å². The van der Waals surface area contributed by atoms with Crippen molar-refractivity contribution < 1.29 is 19.3 Å². The van der Waals surface area contributed by atoms with Gasteiger partial charge in [-0.1, -0.05) is 36.2 Å². The zero-order valence-electron chi connectivity index (χ0n) is 19.9. The van der Waals surface area contributed by atoms with Gasteiger partial charge in [0.15, 0.2) is 0 Å². The maximum atomic E-state index is 11.2. The number of aliphatic hydroxyl groups is 1. The first-order chi connectivity index (χ1) is 16.1. The molecule has 1 atom stereocenters. The number of ether oxygens (including phenoxy) is 3. The second-order valence-electron chi connectivity index (χ2n) is 9.49. The molecule has 0 amide bonds. The first-order valence-corrected chi connectivity index (χ1v) is 12.2. The van der Waals surface area contributed by atoms with Gasteiger partial charge in [0, 0.05) is 26.2 Å². The normalized spacial score (nSPS) is 22.6. The summed E-state index contributed by atoms with van der Waals surface area (Å²) in [6, 6.07) is 16.2. The molecule has 2 aliphatic rings. The van der Waals surface area contributed by atoms with Crippen LogP contribution in [0.5, 0.6) is 11.5 Å². The van der Waals surface area contributed by atoms with E-state index in [0.717, 1.165) is 37.7 Å². The van der Waals surface area contributed by atoms with E-state index >= 15 is 0 Å². The average molecular weight is 455 g/mol. The highest BCUT2D eigenvalue weighted by Crippen LogP contribution is 2.20. The summed E-state index contributed by atoms with van der Waals surface area (Å²) in [5.74, 6) is 1.67. The van der Waals surface area contributed by atoms with Crippen LogP contribution in [0.15, 0.2) is 48.5 Å². The second kappa shape index (κ2) is 11.8. The van der Waals surface area contributed by atoms with Crippen molar-refractivity contribution in [1.82, 2.24) is 9.80 Å². The van der Waals surface area contributed by atoms with Crippen molar-refractivity contribution in [2.24, 2.45) is 0 Å². The lowest BCUT2D eigenvalue weighted by atomic mass is 10.1. The number of nitrogens with zero attached hydrogens (tertiary/aromatic N) is 2. The quantitative estimate of drug-likeness (QED) is 0.626. The van der Waals surface area contributed by atoms with E-state index in [2.05, 4.69) is 21.9 Å². The first kappa shape index (κ1) is 24.0. The third-order valence-electron chi connectivity index (χ3n) is 6.40. The van der Waals surface area contributed by atoms with Crippen LogP contribution in [0.3, 0.4) is 0 Å². The zero-order chi connectivity index (χ0) is 22.9. The summed E-state index contributed by atoms with van der Waals surface area (Å²) in [7, 11) is 0. The molecule has 1 unspecified atom stereocenters. The van der Waals surface area contributed by atoms with Crippen molar-refractivity contribution in [3.63, 3.8) is 0 Å². The molecule has 0 radical (unpaired) electrons. The Labute approximate surface area is 198 Å². The first-order valence-electron chi connectivity index (χ1n) is 12.2. The number of benzene rings is 2. The molecule has 0 saturated carbocycles. The number of piperidine rings is 1. The Bertz CT molecular complexity index is 853. The Morgan fingerprint density at radius 2 is 1.76 bits per heavy atom. The SMILES string of the molecule is Cc1ccc(OCC2(O)COCCN(Cc3cccc(OCCN4CCCCC4)c3)C2)cc1. The molecule has 2 aromatic carbocycles. The van der Waals surface area contributed by atoms with Gasteiger partial charge in [0.1, 0.15) is 30.3 Å². The Hall–Kier alpha value is -2.12. The largest absolute Gasteiger partial charge is 0.492 e. The smallest absolute Gasteiger partial charge is 0.134 e. The summed E-state index contributed by atoms with van der Waals surface area (Å²) < 4.78 is 17.7. The van der Waals surface area contributed by atoms with E-state index in [0.29, 0.717) is 13.2 Å². The summed E-state index contributed by atoms with van der Waals surface area (Å²) in [5, 5.41) is 11.2. The number of rotatable bonds is 9.